The predicted molar refractivity (Wildman–Crippen MR) is 112 cm³/mol. The second-order valence-electron chi connectivity index (χ2n) is 8.64. The minimum Gasteiger partial charge on any atom is -0.367 e. The number of nitrogens with one attached hydrogen (secondary N) is 2. The Hall–Kier alpha value is -2.80. The molecule has 7 heteroatoms. The number of carbonyl (C=O) groups is 3. The molecule has 1 aliphatic heterocycles. The number of pyridine rings is 1. The fourth-order valence-electron chi connectivity index (χ4n) is 4.50. The number of Topliss-reactive ketones (excluding diaryl/α,β-unsaturated/α-hetero) is 1. The van der Waals surface area contributed by atoms with Gasteiger partial charge in [-0.3, -0.25) is 19.4 Å². The SMILES string of the molecule is CC(C)CC(NC(=O)c1ccc2ncccc2c1)C(=O)NC12CCCC1OCC2=O. The lowest BCUT2D eigenvalue weighted by atomic mass is 9.91. The minimum absolute atomic E-state index is 0.0390. The fraction of sp³-hybridized carbons (Fsp3) is 0.478. The molecular formula is C23H27N3O4. The number of nitrogens with zero attached hydrogens (tertiary/aromatic N) is 1. The summed E-state index contributed by atoms with van der Waals surface area (Å²) in [4.78, 5) is 42.8. The quantitative estimate of drug-likeness (QED) is 0.764. The normalized spacial score (nSPS) is 24.1. The van der Waals surface area contributed by atoms with Crippen LogP contribution >= 0.6 is 0 Å². The second kappa shape index (κ2) is 8.14. The van der Waals surface area contributed by atoms with Gasteiger partial charge >= 0.3 is 0 Å². The molecule has 0 spiro atoms. The van der Waals surface area contributed by atoms with E-state index in [1.807, 2.05) is 26.0 Å². The second-order valence-corrected chi connectivity index (χ2v) is 8.64. The molecule has 2 N–H and O–H groups in total. The number of carbonyl (C=O) groups excluding carboxylic acids is 3. The van der Waals surface area contributed by atoms with Gasteiger partial charge in [0.15, 0.2) is 5.78 Å². The molecule has 0 bridgehead atoms. The van der Waals surface area contributed by atoms with Crippen molar-refractivity contribution in [3.8, 4) is 0 Å². The van der Waals surface area contributed by atoms with Gasteiger partial charge < -0.3 is 15.4 Å². The molecule has 1 aliphatic carbocycles. The van der Waals surface area contributed by atoms with Gasteiger partial charge in [-0.25, -0.2) is 0 Å². The van der Waals surface area contributed by atoms with E-state index in [0.717, 1.165) is 23.7 Å². The van der Waals surface area contributed by atoms with Gasteiger partial charge in [-0.05, 0) is 55.9 Å². The van der Waals surface area contributed by atoms with E-state index in [-0.39, 0.29) is 36.2 Å². The Kier molecular flexibility index (Phi) is 5.56. The first-order valence-corrected chi connectivity index (χ1v) is 10.5. The van der Waals surface area contributed by atoms with Crippen LogP contribution in [0, 0.1) is 5.92 Å². The number of hydrogen-bond acceptors (Lipinski definition) is 5. The number of rotatable bonds is 6. The van der Waals surface area contributed by atoms with Crippen molar-refractivity contribution in [2.75, 3.05) is 6.61 Å². The number of amides is 2. The van der Waals surface area contributed by atoms with Gasteiger partial charge in [0.05, 0.1) is 11.6 Å². The van der Waals surface area contributed by atoms with E-state index < -0.39 is 11.6 Å². The molecule has 1 aromatic heterocycles. The summed E-state index contributed by atoms with van der Waals surface area (Å²) >= 11 is 0. The highest BCUT2D eigenvalue weighted by Gasteiger charge is 2.55. The van der Waals surface area contributed by atoms with Gasteiger partial charge in [0.2, 0.25) is 5.91 Å². The number of hydrogen-bond donors (Lipinski definition) is 2. The maximum Gasteiger partial charge on any atom is 0.251 e. The maximum absolute atomic E-state index is 13.2. The highest BCUT2D eigenvalue weighted by atomic mass is 16.5. The summed E-state index contributed by atoms with van der Waals surface area (Å²) in [6, 6.07) is 8.24. The lowest BCUT2D eigenvalue weighted by Crippen LogP contribution is -2.60. The van der Waals surface area contributed by atoms with Crippen molar-refractivity contribution in [3.63, 3.8) is 0 Å². The van der Waals surface area contributed by atoms with Gasteiger partial charge in [0.25, 0.3) is 5.91 Å². The molecular weight excluding hydrogens is 382 g/mol. The molecule has 2 heterocycles. The van der Waals surface area contributed by atoms with Crippen LogP contribution in [0.25, 0.3) is 10.9 Å². The van der Waals surface area contributed by atoms with Gasteiger partial charge in [-0.2, -0.15) is 0 Å². The lowest BCUT2D eigenvalue weighted by molar-refractivity contribution is -0.131. The summed E-state index contributed by atoms with van der Waals surface area (Å²) in [5.74, 6) is -0.537. The van der Waals surface area contributed by atoms with Crippen molar-refractivity contribution in [2.24, 2.45) is 5.92 Å². The lowest BCUT2D eigenvalue weighted by Gasteiger charge is -2.30. The first-order valence-electron chi connectivity index (χ1n) is 10.5. The third-order valence-corrected chi connectivity index (χ3v) is 6.04. The van der Waals surface area contributed by atoms with Crippen molar-refractivity contribution in [1.82, 2.24) is 15.6 Å². The zero-order valence-electron chi connectivity index (χ0n) is 17.3. The highest BCUT2D eigenvalue weighted by Crippen LogP contribution is 2.37. The summed E-state index contributed by atoms with van der Waals surface area (Å²) in [5, 5.41) is 6.69. The molecule has 0 radical (unpaired) electrons. The van der Waals surface area contributed by atoms with Crippen molar-refractivity contribution in [1.29, 1.82) is 0 Å². The number of benzene rings is 1. The fourth-order valence-corrected chi connectivity index (χ4v) is 4.50. The molecule has 4 rings (SSSR count). The van der Waals surface area contributed by atoms with E-state index in [0.29, 0.717) is 18.4 Å². The zero-order chi connectivity index (χ0) is 21.3. The predicted octanol–water partition coefficient (Wildman–Crippen LogP) is 2.39. The largest absolute Gasteiger partial charge is 0.367 e. The third kappa shape index (κ3) is 3.81. The number of fused-ring (bicyclic) bond motifs is 2. The van der Waals surface area contributed by atoms with Gasteiger partial charge in [0.1, 0.15) is 18.2 Å². The standard InChI is InChI=1S/C23H27N3O4/c1-14(2)11-18(22(29)26-23-9-3-6-20(23)30-13-19(23)27)25-21(28)16-7-8-17-15(12-16)5-4-10-24-17/h4-5,7-8,10,12,14,18,20H,3,6,9,11,13H2,1-2H3,(H,25,28)(H,26,29). The van der Waals surface area contributed by atoms with E-state index in [1.165, 1.54) is 0 Å². The van der Waals surface area contributed by atoms with Crippen LogP contribution in [-0.4, -0.2) is 46.9 Å². The molecule has 30 heavy (non-hydrogen) atoms. The summed E-state index contributed by atoms with van der Waals surface area (Å²) in [6.45, 7) is 4.03. The molecule has 2 fully saturated rings. The van der Waals surface area contributed by atoms with Crippen LogP contribution in [0.4, 0.5) is 0 Å². The monoisotopic (exact) mass is 409 g/mol. The molecule has 1 saturated carbocycles. The van der Waals surface area contributed by atoms with E-state index in [4.69, 9.17) is 4.74 Å². The van der Waals surface area contributed by atoms with E-state index in [2.05, 4.69) is 15.6 Å². The van der Waals surface area contributed by atoms with Crippen LogP contribution in [0.2, 0.25) is 0 Å². The summed E-state index contributed by atoms with van der Waals surface area (Å²) in [5.41, 5.74) is 0.331. The topological polar surface area (TPSA) is 97.4 Å². The Balaban J connectivity index is 1.52. The average molecular weight is 409 g/mol. The zero-order valence-corrected chi connectivity index (χ0v) is 17.3. The molecule has 2 amide bonds. The molecule has 7 nitrogen and oxygen atoms in total. The summed E-state index contributed by atoms with van der Waals surface area (Å²) in [6.07, 6.45) is 4.10. The van der Waals surface area contributed by atoms with Crippen LogP contribution in [0.1, 0.15) is 49.9 Å². The van der Waals surface area contributed by atoms with Crippen molar-refractivity contribution in [2.45, 2.75) is 57.2 Å². The average Bonchev–Trinajstić information content (AvgIpc) is 3.26. The Labute approximate surface area is 175 Å². The number of ketones is 1. The van der Waals surface area contributed by atoms with Gasteiger partial charge in [-0.1, -0.05) is 19.9 Å². The Morgan fingerprint density at radius 1 is 1.30 bits per heavy atom. The number of ether oxygens (including phenoxy) is 1. The molecule has 3 atom stereocenters. The van der Waals surface area contributed by atoms with E-state index in [9.17, 15) is 14.4 Å². The van der Waals surface area contributed by atoms with Gasteiger partial charge in [-0.15, -0.1) is 0 Å². The van der Waals surface area contributed by atoms with Crippen LogP contribution in [0.5, 0.6) is 0 Å². The van der Waals surface area contributed by atoms with E-state index in [1.54, 1.807) is 24.4 Å². The Bertz CT molecular complexity index is 989. The Morgan fingerprint density at radius 3 is 2.93 bits per heavy atom. The van der Waals surface area contributed by atoms with Crippen LogP contribution in [0.15, 0.2) is 36.5 Å². The first kappa shape index (κ1) is 20.5. The van der Waals surface area contributed by atoms with Gasteiger partial charge in [0, 0.05) is 17.1 Å². The van der Waals surface area contributed by atoms with E-state index >= 15 is 0 Å². The van der Waals surface area contributed by atoms with Crippen LogP contribution < -0.4 is 10.6 Å². The smallest absolute Gasteiger partial charge is 0.251 e. The molecule has 2 aromatic rings. The molecule has 2 aliphatic rings. The number of aromatic nitrogens is 1. The minimum atomic E-state index is -0.939. The molecule has 3 unspecified atom stereocenters. The maximum atomic E-state index is 13.2. The van der Waals surface area contributed by atoms with Crippen molar-refractivity contribution >= 4 is 28.5 Å². The molecule has 1 saturated heterocycles. The highest BCUT2D eigenvalue weighted by molar-refractivity contribution is 6.02. The molecule has 1 aromatic carbocycles. The van der Waals surface area contributed by atoms with Crippen LogP contribution in [-0.2, 0) is 14.3 Å². The van der Waals surface area contributed by atoms with Crippen molar-refractivity contribution in [3.05, 3.63) is 42.1 Å². The third-order valence-electron chi connectivity index (χ3n) is 6.04. The van der Waals surface area contributed by atoms with Crippen LogP contribution in [0.3, 0.4) is 0 Å². The first-order chi connectivity index (χ1) is 14.4. The summed E-state index contributed by atoms with van der Waals surface area (Å²) < 4.78 is 5.59. The molecule has 158 valence electrons. The summed E-state index contributed by atoms with van der Waals surface area (Å²) in [7, 11) is 0. The van der Waals surface area contributed by atoms with Crippen molar-refractivity contribution < 1.29 is 19.1 Å². The Morgan fingerprint density at radius 2 is 2.13 bits per heavy atom.